The van der Waals surface area contributed by atoms with Crippen molar-refractivity contribution in [1.82, 2.24) is 5.32 Å². The third kappa shape index (κ3) is 2.97. The van der Waals surface area contributed by atoms with Crippen LogP contribution < -0.4 is 10.6 Å². The van der Waals surface area contributed by atoms with Gasteiger partial charge in [0.2, 0.25) is 5.91 Å². The second-order valence-corrected chi connectivity index (χ2v) is 5.31. The van der Waals surface area contributed by atoms with Crippen LogP contribution in [0.5, 0.6) is 0 Å². The first kappa shape index (κ1) is 13.4. The first-order chi connectivity index (χ1) is 10.3. The number of fused-ring (bicyclic) bond motifs is 1. The summed E-state index contributed by atoms with van der Waals surface area (Å²) in [5.74, 6) is 0.419. The summed E-state index contributed by atoms with van der Waals surface area (Å²) in [6.45, 7) is 1.29. The fraction of sp³-hybridized carbons (Fsp3) is 0.294. The summed E-state index contributed by atoms with van der Waals surface area (Å²) in [4.78, 5) is 11.5. The molecular weight excluding hydrogens is 262 g/mol. The van der Waals surface area contributed by atoms with Crippen molar-refractivity contribution >= 4 is 22.4 Å². The van der Waals surface area contributed by atoms with E-state index in [1.165, 1.54) is 0 Å². The van der Waals surface area contributed by atoms with Crippen molar-refractivity contribution in [3.05, 3.63) is 42.0 Å². The van der Waals surface area contributed by atoms with E-state index >= 15 is 0 Å². The number of amides is 1. The van der Waals surface area contributed by atoms with Gasteiger partial charge in [0.25, 0.3) is 0 Å². The van der Waals surface area contributed by atoms with Crippen LogP contribution in [-0.2, 0) is 4.79 Å². The number of nitriles is 1. The number of hydrogen-bond donors (Lipinski definition) is 2. The van der Waals surface area contributed by atoms with Gasteiger partial charge in [0.15, 0.2) is 0 Å². The van der Waals surface area contributed by atoms with Gasteiger partial charge in [0.1, 0.15) is 0 Å². The lowest BCUT2D eigenvalue weighted by atomic mass is 10.0. The molecule has 2 aromatic carbocycles. The summed E-state index contributed by atoms with van der Waals surface area (Å²) >= 11 is 0. The molecule has 1 amide bonds. The minimum Gasteiger partial charge on any atom is -0.383 e. The number of nitrogens with zero attached hydrogens (tertiary/aromatic N) is 1. The standard InChI is InChI=1S/C17H17N3O/c18-11-13-7-8-16(15-4-2-1-3-14(13)15)19-9-10-20-17(21)12-5-6-12/h1-4,7-8,12,19H,5-6,9-10H2,(H,20,21). The first-order valence-corrected chi connectivity index (χ1v) is 7.23. The average Bonchev–Trinajstić information content (AvgIpc) is 3.36. The Labute approximate surface area is 123 Å². The molecule has 0 saturated heterocycles. The van der Waals surface area contributed by atoms with E-state index in [0.717, 1.165) is 29.3 Å². The molecule has 0 aliphatic heterocycles. The third-order valence-corrected chi connectivity index (χ3v) is 3.73. The fourth-order valence-corrected chi connectivity index (χ4v) is 2.42. The zero-order valence-corrected chi connectivity index (χ0v) is 11.7. The third-order valence-electron chi connectivity index (χ3n) is 3.73. The smallest absolute Gasteiger partial charge is 0.223 e. The molecule has 0 unspecified atom stereocenters. The summed E-state index contributed by atoms with van der Waals surface area (Å²) in [6.07, 6.45) is 2.05. The summed E-state index contributed by atoms with van der Waals surface area (Å²) in [5.41, 5.74) is 1.67. The Morgan fingerprint density at radius 1 is 1.14 bits per heavy atom. The molecule has 0 heterocycles. The van der Waals surface area contributed by atoms with Crippen molar-refractivity contribution in [3.8, 4) is 6.07 Å². The largest absolute Gasteiger partial charge is 0.383 e. The van der Waals surface area contributed by atoms with Crippen LogP contribution in [0.15, 0.2) is 36.4 Å². The minimum atomic E-state index is 0.168. The number of benzene rings is 2. The van der Waals surface area contributed by atoms with E-state index in [-0.39, 0.29) is 11.8 Å². The fourth-order valence-electron chi connectivity index (χ4n) is 2.42. The second-order valence-electron chi connectivity index (χ2n) is 5.31. The monoisotopic (exact) mass is 279 g/mol. The van der Waals surface area contributed by atoms with E-state index in [0.29, 0.717) is 18.7 Å². The Balaban J connectivity index is 1.66. The van der Waals surface area contributed by atoms with Crippen LogP contribution in [0.2, 0.25) is 0 Å². The maximum Gasteiger partial charge on any atom is 0.223 e. The van der Waals surface area contributed by atoms with Crippen molar-refractivity contribution in [1.29, 1.82) is 5.26 Å². The summed E-state index contributed by atoms with van der Waals surface area (Å²) in [5, 5.41) is 17.4. The van der Waals surface area contributed by atoms with Gasteiger partial charge in [-0.2, -0.15) is 5.26 Å². The highest BCUT2D eigenvalue weighted by Crippen LogP contribution is 2.28. The van der Waals surface area contributed by atoms with E-state index in [2.05, 4.69) is 16.7 Å². The van der Waals surface area contributed by atoms with Crippen LogP contribution >= 0.6 is 0 Å². The van der Waals surface area contributed by atoms with Gasteiger partial charge in [-0.1, -0.05) is 24.3 Å². The van der Waals surface area contributed by atoms with E-state index < -0.39 is 0 Å². The van der Waals surface area contributed by atoms with Gasteiger partial charge in [-0.3, -0.25) is 4.79 Å². The molecule has 4 nitrogen and oxygen atoms in total. The Hall–Kier alpha value is -2.54. The molecule has 0 aromatic heterocycles. The average molecular weight is 279 g/mol. The molecule has 2 aromatic rings. The molecule has 0 radical (unpaired) electrons. The van der Waals surface area contributed by atoms with Crippen LogP contribution in [0.25, 0.3) is 10.8 Å². The number of carbonyl (C=O) groups excluding carboxylic acids is 1. The van der Waals surface area contributed by atoms with Gasteiger partial charge in [-0.05, 0) is 25.0 Å². The molecule has 1 saturated carbocycles. The quantitative estimate of drug-likeness (QED) is 0.827. The van der Waals surface area contributed by atoms with Gasteiger partial charge in [0, 0.05) is 35.5 Å². The maximum atomic E-state index is 11.5. The van der Waals surface area contributed by atoms with Crippen molar-refractivity contribution in [2.45, 2.75) is 12.8 Å². The molecule has 0 atom stereocenters. The van der Waals surface area contributed by atoms with E-state index in [1.54, 1.807) is 0 Å². The zero-order chi connectivity index (χ0) is 14.7. The lowest BCUT2D eigenvalue weighted by Gasteiger charge is -2.11. The van der Waals surface area contributed by atoms with Crippen LogP contribution in [0.4, 0.5) is 5.69 Å². The summed E-state index contributed by atoms with van der Waals surface area (Å²) < 4.78 is 0. The number of nitrogens with one attached hydrogen (secondary N) is 2. The first-order valence-electron chi connectivity index (χ1n) is 7.23. The Bertz CT molecular complexity index is 714. The number of carbonyl (C=O) groups is 1. The van der Waals surface area contributed by atoms with Gasteiger partial charge in [0.05, 0.1) is 11.6 Å². The molecule has 1 aliphatic carbocycles. The maximum absolute atomic E-state index is 11.5. The topological polar surface area (TPSA) is 64.9 Å². The highest BCUT2D eigenvalue weighted by molar-refractivity contribution is 5.97. The van der Waals surface area contributed by atoms with Gasteiger partial charge < -0.3 is 10.6 Å². The molecule has 1 fully saturated rings. The highest BCUT2D eigenvalue weighted by Gasteiger charge is 2.28. The van der Waals surface area contributed by atoms with Crippen molar-refractivity contribution in [2.24, 2.45) is 5.92 Å². The highest BCUT2D eigenvalue weighted by atomic mass is 16.2. The molecule has 4 heteroatoms. The molecule has 3 rings (SSSR count). The van der Waals surface area contributed by atoms with E-state index in [4.69, 9.17) is 5.26 Å². The van der Waals surface area contributed by atoms with Crippen LogP contribution in [0.3, 0.4) is 0 Å². The Morgan fingerprint density at radius 3 is 2.62 bits per heavy atom. The predicted molar refractivity (Wildman–Crippen MR) is 82.9 cm³/mol. The van der Waals surface area contributed by atoms with Gasteiger partial charge in [-0.25, -0.2) is 0 Å². The molecule has 21 heavy (non-hydrogen) atoms. The molecule has 0 spiro atoms. The van der Waals surface area contributed by atoms with Crippen molar-refractivity contribution in [2.75, 3.05) is 18.4 Å². The van der Waals surface area contributed by atoms with Gasteiger partial charge >= 0.3 is 0 Å². The Kier molecular flexibility index (Phi) is 3.74. The molecular formula is C17H17N3O. The predicted octanol–water partition coefficient (Wildman–Crippen LogP) is 2.65. The minimum absolute atomic E-state index is 0.168. The number of rotatable bonds is 5. The summed E-state index contributed by atoms with van der Waals surface area (Å²) in [7, 11) is 0. The second kappa shape index (κ2) is 5.84. The van der Waals surface area contributed by atoms with E-state index in [1.807, 2.05) is 36.4 Å². The molecule has 2 N–H and O–H groups in total. The number of hydrogen-bond acceptors (Lipinski definition) is 3. The molecule has 106 valence electrons. The zero-order valence-electron chi connectivity index (χ0n) is 11.7. The lowest BCUT2D eigenvalue weighted by Crippen LogP contribution is -2.29. The molecule has 0 bridgehead atoms. The Morgan fingerprint density at radius 2 is 1.90 bits per heavy atom. The van der Waals surface area contributed by atoms with E-state index in [9.17, 15) is 4.79 Å². The summed E-state index contributed by atoms with van der Waals surface area (Å²) in [6, 6.07) is 13.8. The SMILES string of the molecule is N#Cc1ccc(NCCNC(=O)C2CC2)c2ccccc12. The lowest BCUT2D eigenvalue weighted by molar-refractivity contribution is -0.122. The van der Waals surface area contributed by atoms with Crippen molar-refractivity contribution in [3.63, 3.8) is 0 Å². The number of anilines is 1. The van der Waals surface area contributed by atoms with Crippen LogP contribution in [0, 0.1) is 17.2 Å². The molecule has 1 aliphatic rings. The van der Waals surface area contributed by atoms with Crippen LogP contribution in [0.1, 0.15) is 18.4 Å². The van der Waals surface area contributed by atoms with Crippen molar-refractivity contribution < 1.29 is 4.79 Å². The van der Waals surface area contributed by atoms with Crippen LogP contribution in [-0.4, -0.2) is 19.0 Å². The van der Waals surface area contributed by atoms with Gasteiger partial charge in [-0.15, -0.1) is 0 Å². The normalized spacial score (nSPS) is 13.7.